The van der Waals surface area contributed by atoms with E-state index in [1.165, 1.54) is 55.6 Å². The van der Waals surface area contributed by atoms with Gasteiger partial charge >= 0.3 is 0 Å². The summed E-state index contributed by atoms with van der Waals surface area (Å²) in [5, 5.41) is 6.12. The summed E-state index contributed by atoms with van der Waals surface area (Å²) in [6.45, 7) is 13.9. The lowest BCUT2D eigenvalue weighted by Crippen LogP contribution is -2.23. The molecule has 230 valence electrons. The van der Waals surface area contributed by atoms with Gasteiger partial charge in [-0.05, 0) is 120 Å². The van der Waals surface area contributed by atoms with Crippen LogP contribution in [0.25, 0.3) is 22.3 Å². The number of amides is 2. The van der Waals surface area contributed by atoms with Crippen molar-refractivity contribution in [3.8, 4) is 22.3 Å². The number of aryl methyl sites for hydroxylation is 4. The largest absolute Gasteiger partial charge is 0.352 e. The second kappa shape index (κ2) is 16.0. The van der Waals surface area contributed by atoms with Gasteiger partial charge in [0.2, 0.25) is 11.8 Å². The molecule has 0 radical (unpaired) electrons. The maximum absolute atomic E-state index is 12.5. The summed E-state index contributed by atoms with van der Waals surface area (Å²) in [4.78, 5) is 24.9. The SMILES string of the molecule is Cc1ccc(CNC(=O)CCSSCCC(=O)NCc2ccc(C)c(-c3cccc(C)c3C)c2)cc1-c1cccc(C)c1C. The number of nitrogens with one attached hydrogen (secondary N) is 2. The van der Waals surface area contributed by atoms with Gasteiger partial charge in [-0.2, -0.15) is 0 Å². The first-order valence-corrected chi connectivity index (χ1v) is 17.7. The molecule has 0 heterocycles. The summed E-state index contributed by atoms with van der Waals surface area (Å²) >= 11 is 0. The molecule has 4 rings (SSSR count). The molecule has 0 spiro atoms. The first-order valence-electron chi connectivity index (χ1n) is 15.2. The molecule has 0 bridgehead atoms. The van der Waals surface area contributed by atoms with Crippen molar-refractivity contribution in [2.24, 2.45) is 0 Å². The van der Waals surface area contributed by atoms with Crippen molar-refractivity contribution in [3.05, 3.63) is 117 Å². The Kier molecular flexibility index (Phi) is 12.2. The van der Waals surface area contributed by atoms with Gasteiger partial charge in [0.05, 0.1) is 0 Å². The quantitative estimate of drug-likeness (QED) is 0.115. The van der Waals surface area contributed by atoms with Gasteiger partial charge in [-0.25, -0.2) is 0 Å². The Labute approximate surface area is 271 Å². The Morgan fingerprint density at radius 2 is 0.932 bits per heavy atom. The maximum atomic E-state index is 12.5. The number of carbonyl (C=O) groups excluding carboxylic acids is 2. The molecule has 0 atom stereocenters. The highest BCUT2D eigenvalue weighted by molar-refractivity contribution is 8.76. The van der Waals surface area contributed by atoms with Crippen molar-refractivity contribution < 1.29 is 9.59 Å². The molecule has 4 aromatic carbocycles. The maximum Gasteiger partial charge on any atom is 0.221 e. The van der Waals surface area contributed by atoms with Crippen LogP contribution in [-0.4, -0.2) is 23.3 Å². The van der Waals surface area contributed by atoms with E-state index in [1.54, 1.807) is 21.6 Å². The molecule has 2 amide bonds. The van der Waals surface area contributed by atoms with Crippen LogP contribution in [0.15, 0.2) is 72.8 Å². The molecule has 44 heavy (non-hydrogen) atoms. The Morgan fingerprint density at radius 3 is 1.34 bits per heavy atom. The third-order valence-corrected chi connectivity index (χ3v) is 10.7. The molecule has 0 saturated heterocycles. The van der Waals surface area contributed by atoms with Gasteiger partial charge in [-0.3, -0.25) is 9.59 Å². The van der Waals surface area contributed by atoms with Crippen molar-refractivity contribution in [2.45, 2.75) is 67.5 Å². The smallest absolute Gasteiger partial charge is 0.221 e. The van der Waals surface area contributed by atoms with Gasteiger partial charge in [-0.15, -0.1) is 0 Å². The topological polar surface area (TPSA) is 58.2 Å². The van der Waals surface area contributed by atoms with Gasteiger partial charge < -0.3 is 10.6 Å². The van der Waals surface area contributed by atoms with Crippen LogP contribution in [0.3, 0.4) is 0 Å². The lowest BCUT2D eigenvalue weighted by molar-refractivity contribution is -0.121. The number of benzene rings is 4. The number of carbonyl (C=O) groups is 2. The third-order valence-electron chi connectivity index (χ3n) is 8.28. The summed E-state index contributed by atoms with van der Waals surface area (Å²) in [5.41, 5.74) is 14.7. The van der Waals surface area contributed by atoms with Crippen molar-refractivity contribution in [2.75, 3.05) is 11.5 Å². The van der Waals surface area contributed by atoms with Crippen LogP contribution in [0.2, 0.25) is 0 Å². The fourth-order valence-electron chi connectivity index (χ4n) is 5.19. The van der Waals surface area contributed by atoms with E-state index in [0.717, 1.165) is 11.1 Å². The minimum absolute atomic E-state index is 0.0445. The number of hydrogen-bond acceptors (Lipinski definition) is 4. The second-order valence-corrected chi connectivity index (χ2v) is 14.2. The summed E-state index contributed by atoms with van der Waals surface area (Å²) < 4.78 is 0. The van der Waals surface area contributed by atoms with Gasteiger partial charge in [0.15, 0.2) is 0 Å². The highest BCUT2D eigenvalue weighted by Crippen LogP contribution is 2.30. The lowest BCUT2D eigenvalue weighted by Gasteiger charge is -2.14. The molecule has 6 heteroatoms. The second-order valence-electron chi connectivity index (χ2n) is 11.5. The highest BCUT2D eigenvalue weighted by atomic mass is 33.1. The van der Waals surface area contributed by atoms with E-state index in [4.69, 9.17) is 0 Å². The van der Waals surface area contributed by atoms with Crippen molar-refractivity contribution in [3.63, 3.8) is 0 Å². The molecular weight excluding hydrogens is 581 g/mol. The fourth-order valence-corrected chi connectivity index (χ4v) is 7.17. The van der Waals surface area contributed by atoms with E-state index >= 15 is 0 Å². The summed E-state index contributed by atoms with van der Waals surface area (Å²) in [6.07, 6.45) is 0.908. The Morgan fingerprint density at radius 1 is 0.523 bits per heavy atom. The zero-order chi connectivity index (χ0) is 31.6. The van der Waals surface area contributed by atoms with Crippen molar-refractivity contribution >= 4 is 33.4 Å². The molecule has 0 unspecified atom stereocenters. The van der Waals surface area contributed by atoms with Crippen LogP contribution >= 0.6 is 21.6 Å². The summed E-state index contributed by atoms with van der Waals surface area (Å²) in [7, 11) is 3.29. The van der Waals surface area contributed by atoms with E-state index in [-0.39, 0.29) is 11.8 Å². The molecule has 4 nitrogen and oxygen atoms in total. The van der Waals surface area contributed by atoms with Crippen molar-refractivity contribution in [1.29, 1.82) is 0 Å². The molecule has 2 N–H and O–H groups in total. The minimum Gasteiger partial charge on any atom is -0.352 e. The molecule has 0 fully saturated rings. The molecule has 0 aliphatic heterocycles. The van der Waals surface area contributed by atoms with Gasteiger partial charge in [0, 0.05) is 37.4 Å². The van der Waals surface area contributed by atoms with Crippen LogP contribution < -0.4 is 10.6 Å². The van der Waals surface area contributed by atoms with Gasteiger partial charge in [-0.1, -0.05) is 82.3 Å². The Balaban J connectivity index is 1.14. The molecule has 0 saturated carbocycles. The lowest BCUT2D eigenvalue weighted by atomic mass is 9.93. The van der Waals surface area contributed by atoms with Crippen molar-refractivity contribution in [1.82, 2.24) is 10.6 Å². The molecule has 0 aliphatic rings. The first kappa shape index (κ1) is 33.4. The van der Waals surface area contributed by atoms with E-state index in [0.29, 0.717) is 37.4 Å². The molecule has 4 aromatic rings. The normalized spacial score (nSPS) is 11.0. The fraction of sp³-hybridized carbons (Fsp3) is 0.316. The molecule has 0 aromatic heterocycles. The molecular formula is C38H44N2O2S2. The monoisotopic (exact) mass is 624 g/mol. The predicted octanol–water partition coefficient (Wildman–Crippen LogP) is 8.97. The minimum atomic E-state index is 0.0445. The zero-order valence-electron chi connectivity index (χ0n) is 26.8. The van der Waals surface area contributed by atoms with Gasteiger partial charge in [0.1, 0.15) is 0 Å². The van der Waals surface area contributed by atoms with E-state index < -0.39 is 0 Å². The summed E-state index contributed by atoms with van der Waals surface area (Å²) in [6, 6.07) is 25.6. The Bertz CT molecular complexity index is 1510. The van der Waals surface area contributed by atoms with Crippen LogP contribution in [-0.2, 0) is 22.7 Å². The first-order chi connectivity index (χ1) is 21.1. The van der Waals surface area contributed by atoms with Crippen LogP contribution in [0.1, 0.15) is 57.3 Å². The average molecular weight is 625 g/mol. The highest BCUT2D eigenvalue weighted by Gasteiger charge is 2.11. The average Bonchev–Trinajstić information content (AvgIpc) is 3.01. The third kappa shape index (κ3) is 9.02. The van der Waals surface area contributed by atoms with Crippen LogP contribution in [0, 0.1) is 41.5 Å². The number of rotatable bonds is 13. The van der Waals surface area contributed by atoms with Crippen LogP contribution in [0.5, 0.6) is 0 Å². The van der Waals surface area contributed by atoms with Crippen LogP contribution in [0.4, 0.5) is 0 Å². The predicted molar refractivity (Wildman–Crippen MR) is 190 cm³/mol. The number of hydrogen-bond donors (Lipinski definition) is 2. The van der Waals surface area contributed by atoms with E-state index in [2.05, 4.69) is 125 Å². The zero-order valence-corrected chi connectivity index (χ0v) is 28.4. The standard InChI is InChI=1S/C38H44N2O2S2/c1-25-9-7-11-33(29(25)5)35-21-31(15-13-27(35)3)23-39-37(41)17-19-43-44-20-18-38(42)40-24-32-16-14-28(4)36(22-32)34-12-8-10-26(2)30(34)6/h7-16,21-22H,17-20,23-24H2,1-6H3,(H,39,41)(H,40,42). The van der Waals surface area contributed by atoms with E-state index in [1.807, 2.05) is 0 Å². The van der Waals surface area contributed by atoms with Gasteiger partial charge in [0.25, 0.3) is 0 Å². The Hall–Kier alpha value is -3.48. The van der Waals surface area contributed by atoms with E-state index in [9.17, 15) is 9.59 Å². The summed E-state index contributed by atoms with van der Waals surface area (Å²) in [5.74, 6) is 1.51. The molecule has 0 aliphatic carbocycles.